The van der Waals surface area contributed by atoms with Crippen molar-refractivity contribution in [2.24, 2.45) is 0 Å². The van der Waals surface area contributed by atoms with Crippen molar-refractivity contribution in [3.8, 4) is 5.75 Å². The number of benzene rings is 2. The first-order valence-corrected chi connectivity index (χ1v) is 6.44. The van der Waals surface area contributed by atoms with Crippen molar-refractivity contribution in [2.75, 3.05) is 0 Å². The second-order valence-electron chi connectivity index (χ2n) is 4.04. The SMILES string of the molecule is OC(c1ccccc1)c1cc(OC(F)(F)F)ccc1Br. The van der Waals surface area contributed by atoms with Gasteiger partial charge in [0.05, 0.1) is 0 Å². The molecule has 106 valence electrons. The van der Waals surface area contributed by atoms with Crippen molar-refractivity contribution >= 4 is 15.9 Å². The fourth-order valence-corrected chi connectivity index (χ4v) is 2.21. The molecule has 1 unspecified atom stereocenters. The quantitative estimate of drug-likeness (QED) is 0.890. The number of rotatable bonds is 3. The Labute approximate surface area is 121 Å². The third-order valence-electron chi connectivity index (χ3n) is 2.61. The summed E-state index contributed by atoms with van der Waals surface area (Å²) in [5, 5.41) is 10.2. The lowest BCUT2D eigenvalue weighted by molar-refractivity contribution is -0.274. The fourth-order valence-electron chi connectivity index (χ4n) is 1.74. The molecule has 1 N–H and O–H groups in total. The van der Waals surface area contributed by atoms with E-state index in [1.165, 1.54) is 12.1 Å². The van der Waals surface area contributed by atoms with E-state index in [2.05, 4.69) is 20.7 Å². The van der Waals surface area contributed by atoms with E-state index in [1.54, 1.807) is 30.3 Å². The van der Waals surface area contributed by atoms with E-state index in [0.29, 0.717) is 15.6 Å². The normalized spacial score (nSPS) is 13.1. The maximum absolute atomic E-state index is 12.2. The highest BCUT2D eigenvalue weighted by atomic mass is 79.9. The summed E-state index contributed by atoms with van der Waals surface area (Å²) in [4.78, 5) is 0. The van der Waals surface area contributed by atoms with Gasteiger partial charge in [-0.1, -0.05) is 46.3 Å². The second kappa shape index (κ2) is 5.85. The molecule has 2 aromatic carbocycles. The van der Waals surface area contributed by atoms with Crippen LogP contribution in [0.15, 0.2) is 53.0 Å². The van der Waals surface area contributed by atoms with Crippen LogP contribution in [0.5, 0.6) is 5.75 Å². The first kappa shape index (κ1) is 14.9. The molecule has 0 fully saturated rings. The van der Waals surface area contributed by atoms with Crippen LogP contribution in [-0.2, 0) is 0 Å². The summed E-state index contributed by atoms with van der Waals surface area (Å²) in [5.41, 5.74) is 0.885. The predicted molar refractivity (Wildman–Crippen MR) is 71.3 cm³/mol. The number of alkyl halides is 3. The van der Waals surface area contributed by atoms with Gasteiger partial charge < -0.3 is 9.84 Å². The highest BCUT2D eigenvalue weighted by Gasteiger charge is 2.31. The number of aliphatic hydroxyl groups is 1. The molecular weight excluding hydrogens is 337 g/mol. The van der Waals surface area contributed by atoms with Gasteiger partial charge in [-0.15, -0.1) is 13.2 Å². The molecule has 0 aromatic heterocycles. The number of hydrogen-bond acceptors (Lipinski definition) is 2. The minimum Gasteiger partial charge on any atom is -0.406 e. The third-order valence-corrected chi connectivity index (χ3v) is 3.33. The van der Waals surface area contributed by atoms with Crippen LogP contribution in [0.25, 0.3) is 0 Å². The second-order valence-corrected chi connectivity index (χ2v) is 4.90. The van der Waals surface area contributed by atoms with Gasteiger partial charge in [-0.2, -0.15) is 0 Å². The Bertz CT molecular complexity index is 585. The van der Waals surface area contributed by atoms with Gasteiger partial charge in [0.1, 0.15) is 11.9 Å². The van der Waals surface area contributed by atoms with Crippen LogP contribution >= 0.6 is 15.9 Å². The molecule has 0 saturated carbocycles. The van der Waals surface area contributed by atoms with Crippen molar-refractivity contribution in [1.82, 2.24) is 0 Å². The average molecular weight is 347 g/mol. The fraction of sp³-hybridized carbons (Fsp3) is 0.143. The van der Waals surface area contributed by atoms with Gasteiger partial charge in [-0.25, -0.2) is 0 Å². The van der Waals surface area contributed by atoms with Crippen LogP contribution in [0.1, 0.15) is 17.2 Å². The van der Waals surface area contributed by atoms with E-state index in [-0.39, 0.29) is 5.75 Å². The molecule has 0 radical (unpaired) electrons. The standard InChI is InChI=1S/C14H10BrF3O2/c15-12-7-6-10(20-14(16,17)18)8-11(12)13(19)9-4-2-1-3-5-9/h1-8,13,19H. The lowest BCUT2D eigenvalue weighted by Gasteiger charge is -2.16. The molecular formula is C14H10BrF3O2. The number of halogens is 4. The molecule has 6 heteroatoms. The van der Waals surface area contributed by atoms with E-state index < -0.39 is 12.5 Å². The largest absolute Gasteiger partial charge is 0.573 e. The molecule has 0 aliphatic heterocycles. The van der Waals surface area contributed by atoms with E-state index >= 15 is 0 Å². The summed E-state index contributed by atoms with van der Waals surface area (Å²) in [6.07, 6.45) is -5.80. The van der Waals surface area contributed by atoms with Gasteiger partial charge in [-0.3, -0.25) is 0 Å². The number of hydrogen-bond donors (Lipinski definition) is 1. The van der Waals surface area contributed by atoms with Crippen molar-refractivity contribution in [3.05, 3.63) is 64.1 Å². The van der Waals surface area contributed by atoms with Crippen LogP contribution in [0, 0.1) is 0 Å². The summed E-state index contributed by atoms with van der Waals surface area (Å²) in [6, 6.07) is 12.4. The molecule has 0 saturated heterocycles. The molecule has 1 atom stereocenters. The first-order chi connectivity index (χ1) is 9.37. The van der Waals surface area contributed by atoms with Crippen molar-refractivity contribution in [2.45, 2.75) is 12.5 Å². The molecule has 2 rings (SSSR count). The molecule has 0 aliphatic carbocycles. The van der Waals surface area contributed by atoms with Gasteiger partial charge >= 0.3 is 6.36 Å². The third kappa shape index (κ3) is 3.74. The summed E-state index contributed by atoms with van der Waals surface area (Å²) in [6.45, 7) is 0. The zero-order chi connectivity index (χ0) is 14.8. The Kier molecular flexibility index (Phi) is 4.35. The van der Waals surface area contributed by atoms with Crippen LogP contribution in [0.4, 0.5) is 13.2 Å². The molecule has 2 nitrogen and oxygen atoms in total. The molecule has 0 bridgehead atoms. The summed E-state index contributed by atoms with van der Waals surface area (Å²) < 4.78 is 41.0. The Balaban J connectivity index is 2.34. The van der Waals surface area contributed by atoms with Crippen molar-refractivity contribution in [1.29, 1.82) is 0 Å². The van der Waals surface area contributed by atoms with E-state index in [9.17, 15) is 18.3 Å². The topological polar surface area (TPSA) is 29.5 Å². The monoisotopic (exact) mass is 346 g/mol. The molecule has 0 amide bonds. The van der Waals surface area contributed by atoms with E-state index in [0.717, 1.165) is 6.07 Å². The smallest absolute Gasteiger partial charge is 0.406 e. The minimum absolute atomic E-state index is 0.304. The van der Waals surface area contributed by atoms with E-state index in [1.807, 2.05) is 0 Å². The minimum atomic E-state index is -4.76. The highest BCUT2D eigenvalue weighted by Crippen LogP contribution is 2.33. The van der Waals surface area contributed by atoms with Gasteiger partial charge in [0.25, 0.3) is 0 Å². The van der Waals surface area contributed by atoms with Crippen LogP contribution in [-0.4, -0.2) is 11.5 Å². The van der Waals surface area contributed by atoms with E-state index in [4.69, 9.17) is 0 Å². The Morgan fingerprint density at radius 1 is 1.05 bits per heavy atom. The van der Waals surface area contributed by atoms with Gasteiger partial charge in [-0.05, 0) is 23.8 Å². The number of ether oxygens (including phenoxy) is 1. The Hall–Kier alpha value is -1.53. The molecule has 0 spiro atoms. The molecule has 2 aromatic rings. The maximum atomic E-state index is 12.2. The predicted octanol–water partition coefficient (Wildman–Crippen LogP) is 4.43. The Morgan fingerprint density at radius 2 is 1.70 bits per heavy atom. The van der Waals surface area contributed by atoms with Gasteiger partial charge in [0.2, 0.25) is 0 Å². The maximum Gasteiger partial charge on any atom is 0.573 e. The zero-order valence-electron chi connectivity index (χ0n) is 10.1. The summed E-state index contributed by atoms with van der Waals surface area (Å²) >= 11 is 3.21. The average Bonchev–Trinajstić information content (AvgIpc) is 2.40. The first-order valence-electron chi connectivity index (χ1n) is 5.65. The number of aliphatic hydroxyl groups excluding tert-OH is 1. The zero-order valence-corrected chi connectivity index (χ0v) is 11.6. The van der Waals surface area contributed by atoms with Gasteiger partial charge in [0.15, 0.2) is 0 Å². The summed E-state index contributed by atoms with van der Waals surface area (Å²) in [7, 11) is 0. The van der Waals surface area contributed by atoms with Crippen LogP contribution in [0.3, 0.4) is 0 Å². The summed E-state index contributed by atoms with van der Waals surface area (Å²) in [5.74, 6) is -0.370. The lowest BCUT2D eigenvalue weighted by atomic mass is 10.0. The van der Waals surface area contributed by atoms with Crippen molar-refractivity contribution < 1.29 is 23.0 Å². The molecule has 0 heterocycles. The highest BCUT2D eigenvalue weighted by molar-refractivity contribution is 9.10. The van der Waals surface area contributed by atoms with Gasteiger partial charge in [0, 0.05) is 10.0 Å². The molecule has 20 heavy (non-hydrogen) atoms. The Morgan fingerprint density at radius 3 is 2.30 bits per heavy atom. The molecule has 0 aliphatic rings. The van der Waals surface area contributed by atoms with Crippen LogP contribution < -0.4 is 4.74 Å². The van der Waals surface area contributed by atoms with Crippen LogP contribution in [0.2, 0.25) is 0 Å². The lowest BCUT2D eigenvalue weighted by Crippen LogP contribution is -2.17. The van der Waals surface area contributed by atoms with Crippen molar-refractivity contribution in [3.63, 3.8) is 0 Å².